The fourth-order valence-electron chi connectivity index (χ4n) is 2.89. The molecule has 3 rings (SSSR count). The molecule has 0 aromatic heterocycles. The highest BCUT2D eigenvalue weighted by atomic mass is 79.9. The lowest BCUT2D eigenvalue weighted by Gasteiger charge is -2.32. The average molecular weight is 464 g/mol. The van der Waals surface area contributed by atoms with E-state index in [0.717, 1.165) is 15.7 Å². The number of piperazine rings is 1. The lowest BCUT2D eigenvalue weighted by molar-refractivity contribution is -0.117. The molecule has 1 aliphatic rings. The minimum atomic E-state index is -3.46. The van der Waals surface area contributed by atoms with E-state index < -0.39 is 10.0 Å². The van der Waals surface area contributed by atoms with E-state index in [-0.39, 0.29) is 12.5 Å². The van der Waals surface area contributed by atoms with Crippen molar-refractivity contribution in [2.24, 2.45) is 0 Å². The van der Waals surface area contributed by atoms with Crippen LogP contribution in [0.15, 0.2) is 64.5 Å². The summed E-state index contributed by atoms with van der Waals surface area (Å²) >= 11 is 3.36. The molecule has 0 atom stereocenters. The van der Waals surface area contributed by atoms with Crippen molar-refractivity contribution in [1.29, 1.82) is 0 Å². The predicted octanol–water partition coefficient (Wildman–Crippen LogP) is 3.01. The third kappa shape index (κ3) is 6.00. The van der Waals surface area contributed by atoms with Gasteiger partial charge in [-0.05, 0) is 35.9 Å². The molecule has 0 aliphatic carbocycles. The normalized spacial score (nSPS) is 16.3. The summed E-state index contributed by atoms with van der Waals surface area (Å²) in [6.07, 6.45) is 1.60. The van der Waals surface area contributed by atoms with Crippen molar-refractivity contribution in [3.8, 4) is 0 Å². The van der Waals surface area contributed by atoms with Crippen LogP contribution in [0.5, 0.6) is 0 Å². The second-order valence-electron chi connectivity index (χ2n) is 6.49. The highest BCUT2D eigenvalue weighted by molar-refractivity contribution is 9.10. The van der Waals surface area contributed by atoms with Crippen LogP contribution in [-0.2, 0) is 14.8 Å². The molecule has 28 heavy (non-hydrogen) atoms. The zero-order valence-corrected chi connectivity index (χ0v) is 17.7. The van der Waals surface area contributed by atoms with Gasteiger partial charge in [0, 0.05) is 41.7 Å². The Morgan fingerprint density at radius 2 is 1.64 bits per heavy atom. The van der Waals surface area contributed by atoms with E-state index >= 15 is 0 Å². The van der Waals surface area contributed by atoms with E-state index in [2.05, 4.69) is 21.2 Å². The van der Waals surface area contributed by atoms with Crippen LogP contribution in [0.25, 0.3) is 6.08 Å². The number of hydrogen-bond acceptors (Lipinski definition) is 4. The van der Waals surface area contributed by atoms with Crippen LogP contribution < -0.4 is 5.32 Å². The molecule has 6 nitrogen and oxygen atoms in total. The Kier molecular flexibility index (Phi) is 7.01. The highest BCUT2D eigenvalue weighted by Gasteiger charge is 2.25. The fraction of sp³-hybridized carbons (Fsp3) is 0.250. The predicted molar refractivity (Wildman–Crippen MR) is 115 cm³/mol. The number of nitrogens with one attached hydrogen (secondary N) is 1. The van der Waals surface area contributed by atoms with Gasteiger partial charge in [-0.1, -0.05) is 46.3 Å². The van der Waals surface area contributed by atoms with Crippen molar-refractivity contribution < 1.29 is 13.2 Å². The summed E-state index contributed by atoms with van der Waals surface area (Å²) in [5.41, 5.74) is 1.58. The van der Waals surface area contributed by atoms with Gasteiger partial charge in [-0.15, -0.1) is 0 Å². The maximum Gasteiger partial charge on any atom is 0.238 e. The summed E-state index contributed by atoms with van der Waals surface area (Å²) in [5.74, 6) is -0.109. The summed E-state index contributed by atoms with van der Waals surface area (Å²) in [6.45, 7) is 2.02. The first-order chi connectivity index (χ1) is 13.4. The Balaban J connectivity index is 1.49. The number of carbonyl (C=O) groups excluding carboxylic acids is 1. The number of hydrogen-bond donors (Lipinski definition) is 1. The van der Waals surface area contributed by atoms with Crippen LogP contribution in [0.4, 0.5) is 5.69 Å². The third-order valence-electron chi connectivity index (χ3n) is 4.42. The van der Waals surface area contributed by atoms with E-state index in [1.54, 1.807) is 6.08 Å². The topological polar surface area (TPSA) is 69.7 Å². The number of benzene rings is 2. The van der Waals surface area contributed by atoms with Crippen molar-refractivity contribution in [3.63, 3.8) is 0 Å². The highest BCUT2D eigenvalue weighted by Crippen LogP contribution is 2.15. The second-order valence-corrected chi connectivity index (χ2v) is 9.22. The Morgan fingerprint density at radius 1 is 1.00 bits per heavy atom. The molecule has 0 radical (unpaired) electrons. The van der Waals surface area contributed by atoms with Crippen LogP contribution in [0, 0.1) is 0 Å². The van der Waals surface area contributed by atoms with Gasteiger partial charge >= 0.3 is 0 Å². The molecule has 0 unspecified atom stereocenters. The molecule has 2 aromatic carbocycles. The third-order valence-corrected chi connectivity index (χ3v) is 6.51. The molecule has 1 N–H and O–H groups in total. The molecule has 1 amide bonds. The molecule has 148 valence electrons. The fourth-order valence-corrected chi connectivity index (χ4v) is 4.33. The van der Waals surface area contributed by atoms with Gasteiger partial charge < -0.3 is 5.32 Å². The Morgan fingerprint density at radius 3 is 2.29 bits per heavy atom. The molecule has 8 heteroatoms. The molecular formula is C20H22BrN3O3S. The molecule has 1 aliphatic heterocycles. The number of rotatable bonds is 6. The number of carbonyl (C=O) groups is 1. The molecule has 0 bridgehead atoms. The molecule has 1 saturated heterocycles. The van der Waals surface area contributed by atoms with E-state index in [4.69, 9.17) is 0 Å². The zero-order valence-electron chi connectivity index (χ0n) is 15.3. The first-order valence-electron chi connectivity index (χ1n) is 8.93. The molecule has 1 fully saturated rings. The first kappa shape index (κ1) is 20.7. The molecular weight excluding hydrogens is 442 g/mol. The largest absolute Gasteiger partial charge is 0.325 e. The molecule has 0 spiro atoms. The van der Waals surface area contributed by atoms with Gasteiger partial charge in [0.15, 0.2) is 0 Å². The van der Waals surface area contributed by atoms with Crippen LogP contribution in [0.3, 0.4) is 0 Å². The van der Waals surface area contributed by atoms with E-state index in [1.807, 2.05) is 59.5 Å². The first-order valence-corrected chi connectivity index (χ1v) is 11.2. The van der Waals surface area contributed by atoms with Gasteiger partial charge in [0.2, 0.25) is 15.9 Å². The summed E-state index contributed by atoms with van der Waals surface area (Å²) in [6, 6.07) is 16.7. The van der Waals surface area contributed by atoms with E-state index in [0.29, 0.717) is 26.2 Å². The van der Waals surface area contributed by atoms with Gasteiger partial charge in [-0.2, -0.15) is 4.31 Å². The Labute approximate surface area is 174 Å². The maximum absolute atomic E-state index is 12.5. The molecule has 1 heterocycles. The minimum absolute atomic E-state index is 0.109. The van der Waals surface area contributed by atoms with Gasteiger partial charge in [0.25, 0.3) is 0 Å². The summed E-state index contributed by atoms with van der Waals surface area (Å²) in [4.78, 5) is 14.2. The summed E-state index contributed by atoms with van der Waals surface area (Å²) in [7, 11) is -3.46. The summed E-state index contributed by atoms with van der Waals surface area (Å²) in [5, 5.41) is 4.10. The lowest BCUT2D eigenvalue weighted by Crippen LogP contribution is -2.49. The minimum Gasteiger partial charge on any atom is -0.325 e. The molecule has 0 saturated carbocycles. The second kappa shape index (κ2) is 9.47. The quantitative estimate of drug-likeness (QED) is 0.714. The number of amides is 1. The van der Waals surface area contributed by atoms with Crippen molar-refractivity contribution in [1.82, 2.24) is 9.21 Å². The monoisotopic (exact) mass is 463 g/mol. The van der Waals surface area contributed by atoms with Crippen LogP contribution in [0.2, 0.25) is 0 Å². The Hall–Kier alpha value is -2.00. The SMILES string of the molecule is O=C(CN1CCN(S(=O)(=O)/C=C\c2ccccc2)CC1)Nc1ccc(Br)cc1. The van der Waals surface area contributed by atoms with Crippen molar-refractivity contribution in [2.45, 2.75) is 0 Å². The Bertz CT molecular complexity index is 923. The molecule has 2 aromatic rings. The van der Waals surface area contributed by atoms with Crippen molar-refractivity contribution in [3.05, 3.63) is 70.0 Å². The average Bonchev–Trinajstić information content (AvgIpc) is 2.69. The zero-order chi connectivity index (χ0) is 20.0. The van der Waals surface area contributed by atoms with Crippen LogP contribution >= 0.6 is 15.9 Å². The van der Waals surface area contributed by atoms with Gasteiger partial charge in [-0.25, -0.2) is 8.42 Å². The number of anilines is 1. The number of nitrogens with zero attached hydrogens (tertiary/aromatic N) is 2. The maximum atomic E-state index is 12.5. The van der Waals surface area contributed by atoms with E-state index in [9.17, 15) is 13.2 Å². The number of sulfonamides is 1. The van der Waals surface area contributed by atoms with Crippen LogP contribution in [-0.4, -0.2) is 56.3 Å². The van der Waals surface area contributed by atoms with Crippen molar-refractivity contribution in [2.75, 3.05) is 38.0 Å². The number of halogens is 1. The van der Waals surface area contributed by atoms with Gasteiger partial charge in [0.1, 0.15) is 0 Å². The smallest absolute Gasteiger partial charge is 0.238 e. The lowest BCUT2D eigenvalue weighted by atomic mass is 10.2. The summed E-state index contributed by atoms with van der Waals surface area (Å²) < 4.78 is 27.4. The van der Waals surface area contributed by atoms with Crippen molar-refractivity contribution >= 4 is 43.6 Å². The van der Waals surface area contributed by atoms with Crippen LogP contribution in [0.1, 0.15) is 5.56 Å². The van der Waals surface area contributed by atoms with Gasteiger partial charge in [-0.3, -0.25) is 9.69 Å². The standard InChI is InChI=1S/C20H22BrN3O3S/c21-18-6-8-19(9-7-18)22-20(25)16-23-11-13-24(14-12-23)28(26,27)15-10-17-4-2-1-3-5-17/h1-10,15H,11-14,16H2,(H,22,25)/b15-10-. The van der Waals surface area contributed by atoms with E-state index in [1.165, 1.54) is 9.71 Å². The van der Waals surface area contributed by atoms with Gasteiger partial charge in [0.05, 0.1) is 6.54 Å².